The van der Waals surface area contributed by atoms with Crippen molar-refractivity contribution in [2.24, 2.45) is 58.7 Å². The van der Waals surface area contributed by atoms with Crippen molar-refractivity contribution in [2.75, 3.05) is 0 Å². The lowest BCUT2D eigenvalue weighted by Crippen LogP contribution is -2.49. The zero-order valence-corrected chi connectivity index (χ0v) is 19.9. The molecule has 0 saturated heterocycles. The van der Waals surface area contributed by atoms with Gasteiger partial charge in [0, 0.05) is 0 Å². The summed E-state index contributed by atoms with van der Waals surface area (Å²) in [5.74, 6) is 7.85. The smallest absolute Gasteiger partial charge is 0.0543 e. The molecule has 4 fully saturated rings. The van der Waals surface area contributed by atoms with E-state index in [4.69, 9.17) is 0 Å². The number of aliphatic hydroxyl groups is 1. The van der Waals surface area contributed by atoms with E-state index in [1.54, 1.807) is 0 Å². The monoisotopic (exact) mass is 400 g/mol. The summed E-state index contributed by atoms with van der Waals surface area (Å²) in [6.45, 7) is 12.3. The highest BCUT2D eigenvalue weighted by atomic mass is 16.3. The Kier molecular flexibility index (Phi) is 6.56. The van der Waals surface area contributed by atoms with Crippen LogP contribution in [0.4, 0.5) is 0 Å². The van der Waals surface area contributed by atoms with Crippen molar-refractivity contribution >= 4 is 0 Å². The number of hydrogen-bond donors (Lipinski definition) is 1. The van der Waals surface area contributed by atoms with Crippen LogP contribution in [0.2, 0.25) is 0 Å². The van der Waals surface area contributed by atoms with E-state index in [0.29, 0.717) is 5.41 Å². The summed E-state index contributed by atoms with van der Waals surface area (Å²) in [5, 5.41) is 10.2. The maximum Gasteiger partial charge on any atom is 0.0543 e. The first-order valence-corrected chi connectivity index (χ1v) is 13.2. The summed E-state index contributed by atoms with van der Waals surface area (Å²) < 4.78 is 0. The van der Waals surface area contributed by atoms with Crippen LogP contribution in [0.3, 0.4) is 0 Å². The molecule has 0 aromatic heterocycles. The molecule has 1 heteroatoms. The summed E-state index contributed by atoms with van der Waals surface area (Å²) >= 11 is 0. The Balaban J connectivity index is 1.46. The molecule has 1 nitrogen and oxygen atoms in total. The van der Waals surface area contributed by atoms with Crippen LogP contribution >= 0.6 is 0 Å². The van der Waals surface area contributed by atoms with Gasteiger partial charge in [-0.25, -0.2) is 0 Å². The van der Waals surface area contributed by atoms with Crippen molar-refractivity contribution in [3.05, 3.63) is 12.2 Å². The quantitative estimate of drug-likeness (QED) is 0.474. The minimum atomic E-state index is 0.00272. The van der Waals surface area contributed by atoms with Gasteiger partial charge in [-0.1, -0.05) is 46.8 Å². The molecule has 0 heterocycles. The molecule has 0 unspecified atom stereocenters. The van der Waals surface area contributed by atoms with E-state index in [1.807, 2.05) is 0 Å². The number of hydrogen-bond acceptors (Lipinski definition) is 1. The fourth-order valence-corrected chi connectivity index (χ4v) is 9.01. The Labute approximate surface area is 181 Å². The minimum Gasteiger partial charge on any atom is -0.393 e. The van der Waals surface area contributed by atoms with Crippen molar-refractivity contribution in [3.63, 3.8) is 0 Å². The van der Waals surface area contributed by atoms with Gasteiger partial charge in [0.15, 0.2) is 0 Å². The van der Waals surface area contributed by atoms with Crippen molar-refractivity contribution in [1.29, 1.82) is 0 Å². The Bertz CT molecular complexity index is 579. The van der Waals surface area contributed by atoms with E-state index < -0.39 is 0 Å². The molecule has 0 aromatic carbocycles. The largest absolute Gasteiger partial charge is 0.393 e. The van der Waals surface area contributed by atoms with Gasteiger partial charge in [-0.05, 0) is 123 Å². The first-order chi connectivity index (χ1) is 13.8. The van der Waals surface area contributed by atoms with Crippen LogP contribution in [-0.2, 0) is 0 Å². The highest BCUT2D eigenvalue weighted by molar-refractivity contribution is 5.09. The maximum atomic E-state index is 10.2. The van der Waals surface area contributed by atoms with Crippen LogP contribution in [0.25, 0.3) is 0 Å². The molecule has 0 radical (unpaired) electrons. The summed E-state index contributed by atoms with van der Waals surface area (Å²) in [5.41, 5.74) is 0.575. The zero-order valence-electron chi connectivity index (χ0n) is 19.9. The van der Waals surface area contributed by atoms with E-state index in [-0.39, 0.29) is 6.10 Å². The third kappa shape index (κ3) is 3.99. The zero-order chi connectivity index (χ0) is 20.8. The fraction of sp³-hybridized carbons (Fsp3) is 0.929. The standard InChI is InChI=1S/C28H48O/c1-6-20(18(2)3)8-7-19(4)26-13-14-27-25-11-9-21-17-22(29)10-12-23(21)24(25)15-16-28(26,27)5/h7-8,18-27,29H,6,9-17H2,1-5H3/b8-7+/t19-,20-,21+,22-,23+,24-,25-,26-,27-,28-/m1/s1. The van der Waals surface area contributed by atoms with Gasteiger partial charge in [-0.2, -0.15) is 0 Å². The van der Waals surface area contributed by atoms with Gasteiger partial charge in [-0.3, -0.25) is 0 Å². The lowest BCUT2D eigenvalue weighted by atomic mass is 9.49. The molecule has 10 atom stereocenters. The second-order valence-corrected chi connectivity index (χ2v) is 12.2. The second-order valence-electron chi connectivity index (χ2n) is 12.2. The van der Waals surface area contributed by atoms with E-state index in [0.717, 1.165) is 66.1 Å². The molecule has 0 aromatic rings. The molecule has 166 valence electrons. The minimum absolute atomic E-state index is 0.00272. The molecule has 4 saturated carbocycles. The predicted octanol–water partition coefficient (Wildman–Crippen LogP) is 7.49. The van der Waals surface area contributed by atoms with E-state index in [9.17, 15) is 5.11 Å². The van der Waals surface area contributed by atoms with Gasteiger partial charge >= 0.3 is 0 Å². The van der Waals surface area contributed by atoms with Gasteiger partial charge in [0.1, 0.15) is 0 Å². The Morgan fingerprint density at radius 2 is 1.66 bits per heavy atom. The molecule has 4 rings (SSSR count). The third-order valence-electron chi connectivity index (χ3n) is 10.6. The first-order valence-electron chi connectivity index (χ1n) is 13.2. The van der Waals surface area contributed by atoms with Crippen LogP contribution in [0.1, 0.15) is 98.8 Å². The summed E-state index contributed by atoms with van der Waals surface area (Å²) in [6, 6.07) is 0. The first kappa shape index (κ1) is 21.9. The molecule has 29 heavy (non-hydrogen) atoms. The molecular formula is C28H48O. The number of rotatable bonds is 5. The lowest BCUT2D eigenvalue weighted by Gasteiger charge is -2.56. The average molecular weight is 401 g/mol. The molecule has 0 aliphatic heterocycles. The van der Waals surface area contributed by atoms with E-state index >= 15 is 0 Å². The highest BCUT2D eigenvalue weighted by Gasteiger charge is 2.57. The molecule has 0 bridgehead atoms. The predicted molar refractivity (Wildman–Crippen MR) is 124 cm³/mol. The molecule has 1 N–H and O–H groups in total. The highest BCUT2D eigenvalue weighted by Crippen LogP contribution is 2.65. The fourth-order valence-electron chi connectivity index (χ4n) is 9.01. The van der Waals surface area contributed by atoms with Gasteiger partial charge in [-0.15, -0.1) is 0 Å². The number of fused-ring (bicyclic) bond motifs is 5. The Hall–Kier alpha value is -0.300. The average Bonchev–Trinajstić information content (AvgIpc) is 3.05. The Morgan fingerprint density at radius 1 is 0.897 bits per heavy atom. The van der Waals surface area contributed by atoms with Gasteiger partial charge < -0.3 is 5.11 Å². The normalized spacial score (nSPS) is 46.9. The van der Waals surface area contributed by atoms with Crippen LogP contribution in [0.5, 0.6) is 0 Å². The third-order valence-corrected chi connectivity index (χ3v) is 10.6. The number of aliphatic hydroxyl groups excluding tert-OH is 1. The second kappa shape index (κ2) is 8.68. The molecule has 4 aliphatic rings. The SMILES string of the molecule is CC[C@H](/C=C/[C@@H](C)[C@H]1CC[C@@H]2[C@@H]3CC[C@H]4C[C@H](O)CC[C@@H]4[C@H]3CC[C@@]21C)C(C)C. The van der Waals surface area contributed by atoms with Crippen LogP contribution in [0.15, 0.2) is 12.2 Å². The van der Waals surface area contributed by atoms with Crippen molar-refractivity contribution in [3.8, 4) is 0 Å². The van der Waals surface area contributed by atoms with Crippen molar-refractivity contribution in [1.82, 2.24) is 0 Å². The Morgan fingerprint density at radius 3 is 2.38 bits per heavy atom. The van der Waals surface area contributed by atoms with Gasteiger partial charge in [0.05, 0.1) is 6.10 Å². The van der Waals surface area contributed by atoms with Crippen LogP contribution in [-0.4, -0.2) is 11.2 Å². The molecular weight excluding hydrogens is 352 g/mol. The van der Waals surface area contributed by atoms with Crippen molar-refractivity contribution < 1.29 is 5.11 Å². The van der Waals surface area contributed by atoms with Crippen LogP contribution < -0.4 is 0 Å². The van der Waals surface area contributed by atoms with Crippen molar-refractivity contribution in [2.45, 2.75) is 105 Å². The number of allylic oxidation sites excluding steroid dienone is 2. The van der Waals surface area contributed by atoms with E-state index in [1.165, 1.54) is 51.4 Å². The maximum absolute atomic E-state index is 10.2. The molecule has 0 spiro atoms. The molecule has 4 aliphatic carbocycles. The summed E-state index contributed by atoms with van der Waals surface area (Å²) in [6.07, 6.45) is 18.7. The van der Waals surface area contributed by atoms with E-state index in [2.05, 4.69) is 46.8 Å². The molecule has 0 amide bonds. The lowest BCUT2D eigenvalue weighted by molar-refractivity contribution is -0.0800. The summed E-state index contributed by atoms with van der Waals surface area (Å²) in [7, 11) is 0. The van der Waals surface area contributed by atoms with Crippen LogP contribution in [0, 0.1) is 58.7 Å². The van der Waals surface area contributed by atoms with Gasteiger partial charge in [0.2, 0.25) is 0 Å². The summed E-state index contributed by atoms with van der Waals surface area (Å²) in [4.78, 5) is 0. The topological polar surface area (TPSA) is 20.2 Å². The van der Waals surface area contributed by atoms with Gasteiger partial charge in [0.25, 0.3) is 0 Å².